The van der Waals surface area contributed by atoms with Crippen molar-refractivity contribution in [3.63, 3.8) is 0 Å². The van der Waals surface area contributed by atoms with E-state index in [-0.39, 0.29) is 18.1 Å². The van der Waals surface area contributed by atoms with Gasteiger partial charge in [-0.25, -0.2) is 4.79 Å². The molecule has 0 bridgehead atoms. The van der Waals surface area contributed by atoms with Gasteiger partial charge in [0, 0.05) is 37.7 Å². The van der Waals surface area contributed by atoms with E-state index in [0.717, 1.165) is 50.2 Å². The summed E-state index contributed by atoms with van der Waals surface area (Å²) in [4.78, 5) is 15.0. The summed E-state index contributed by atoms with van der Waals surface area (Å²) >= 11 is 0. The van der Waals surface area contributed by atoms with E-state index in [9.17, 15) is 4.79 Å². The molecule has 4 rings (SSSR count). The Morgan fingerprint density at radius 2 is 1.79 bits per heavy atom. The maximum atomic E-state index is 12.5. The number of benzene rings is 2. The minimum absolute atomic E-state index is 0.0195. The summed E-state index contributed by atoms with van der Waals surface area (Å²) in [5.74, 6) is 0.878. The van der Waals surface area contributed by atoms with Gasteiger partial charge in [0.05, 0.1) is 12.6 Å². The van der Waals surface area contributed by atoms with Crippen LogP contribution in [0.25, 0.3) is 0 Å². The molecule has 5 nitrogen and oxygen atoms in total. The fourth-order valence-electron chi connectivity index (χ4n) is 4.14. The van der Waals surface area contributed by atoms with E-state index < -0.39 is 0 Å². The Morgan fingerprint density at radius 1 is 1.04 bits per heavy atom. The third kappa shape index (κ3) is 4.47. The molecule has 1 saturated heterocycles. The number of carbonyl (C=O) groups is 1. The molecular formula is C23H29N3O2. The van der Waals surface area contributed by atoms with Crippen molar-refractivity contribution in [2.24, 2.45) is 0 Å². The van der Waals surface area contributed by atoms with Crippen molar-refractivity contribution < 1.29 is 9.53 Å². The van der Waals surface area contributed by atoms with Crippen LogP contribution in [0.4, 0.5) is 4.79 Å². The molecule has 2 amide bonds. The molecule has 0 spiro atoms. The second kappa shape index (κ2) is 8.65. The van der Waals surface area contributed by atoms with Crippen molar-refractivity contribution in [1.29, 1.82) is 0 Å². The van der Waals surface area contributed by atoms with Crippen molar-refractivity contribution in [3.05, 3.63) is 65.2 Å². The number of urea groups is 1. The maximum absolute atomic E-state index is 12.5. The molecule has 5 heteroatoms. The van der Waals surface area contributed by atoms with E-state index in [1.54, 1.807) is 0 Å². The van der Waals surface area contributed by atoms with Gasteiger partial charge in [-0.15, -0.1) is 0 Å². The molecular weight excluding hydrogens is 350 g/mol. The van der Waals surface area contributed by atoms with Crippen LogP contribution in [0.3, 0.4) is 0 Å². The van der Waals surface area contributed by atoms with Crippen LogP contribution in [0.5, 0.6) is 5.75 Å². The lowest BCUT2D eigenvalue weighted by atomic mass is 10.0. The Morgan fingerprint density at radius 3 is 2.61 bits per heavy atom. The van der Waals surface area contributed by atoms with Gasteiger partial charge in [-0.3, -0.25) is 4.90 Å². The number of nitrogens with zero attached hydrogens (tertiary/aromatic N) is 1. The SMILES string of the molecule is Cc1ccccc1CN1CCC(NC(=O)N[C@H]2CCOc3ccccc32)CC1. The summed E-state index contributed by atoms with van der Waals surface area (Å²) < 4.78 is 5.68. The Labute approximate surface area is 167 Å². The van der Waals surface area contributed by atoms with Gasteiger partial charge in [0.25, 0.3) is 0 Å². The fraction of sp³-hybridized carbons (Fsp3) is 0.435. The smallest absolute Gasteiger partial charge is 0.315 e. The standard InChI is InChI=1S/C23H29N3O2/c1-17-6-2-3-7-18(17)16-26-13-10-19(11-14-26)24-23(27)25-21-12-15-28-22-9-5-4-8-20(21)22/h2-9,19,21H,10-16H2,1H3,(H2,24,25,27)/t21-/m0/s1. The molecule has 1 fully saturated rings. The first-order valence-corrected chi connectivity index (χ1v) is 10.2. The molecule has 2 aliphatic heterocycles. The number of piperidine rings is 1. The number of hydrogen-bond donors (Lipinski definition) is 2. The first-order valence-electron chi connectivity index (χ1n) is 10.2. The number of hydrogen-bond acceptors (Lipinski definition) is 3. The molecule has 0 radical (unpaired) electrons. The molecule has 2 aromatic carbocycles. The summed E-state index contributed by atoms with van der Waals surface area (Å²) in [5.41, 5.74) is 3.81. The number of likely N-dealkylation sites (tertiary alicyclic amines) is 1. The van der Waals surface area contributed by atoms with Crippen LogP contribution in [0.1, 0.15) is 42.0 Å². The first-order chi connectivity index (χ1) is 13.7. The lowest BCUT2D eigenvalue weighted by Crippen LogP contribution is -2.48. The third-order valence-electron chi connectivity index (χ3n) is 5.84. The van der Waals surface area contributed by atoms with Crippen molar-refractivity contribution >= 4 is 6.03 Å². The van der Waals surface area contributed by atoms with Crippen LogP contribution < -0.4 is 15.4 Å². The Balaban J connectivity index is 1.25. The van der Waals surface area contributed by atoms with Crippen LogP contribution in [-0.2, 0) is 6.54 Å². The van der Waals surface area contributed by atoms with E-state index in [0.29, 0.717) is 6.61 Å². The highest BCUT2D eigenvalue weighted by molar-refractivity contribution is 5.75. The number of fused-ring (bicyclic) bond motifs is 1. The van der Waals surface area contributed by atoms with E-state index in [1.807, 2.05) is 24.3 Å². The Kier molecular flexibility index (Phi) is 5.81. The predicted molar refractivity (Wildman–Crippen MR) is 110 cm³/mol. The van der Waals surface area contributed by atoms with Gasteiger partial charge >= 0.3 is 6.03 Å². The van der Waals surface area contributed by atoms with Crippen LogP contribution in [0.15, 0.2) is 48.5 Å². The number of ether oxygens (including phenoxy) is 1. The largest absolute Gasteiger partial charge is 0.493 e. The Hall–Kier alpha value is -2.53. The molecule has 2 N–H and O–H groups in total. The fourth-order valence-corrected chi connectivity index (χ4v) is 4.14. The topological polar surface area (TPSA) is 53.6 Å². The highest BCUT2D eigenvalue weighted by Crippen LogP contribution is 2.31. The molecule has 0 unspecified atom stereocenters. The van der Waals surface area contributed by atoms with Crippen molar-refractivity contribution in [2.75, 3.05) is 19.7 Å². The summed E-state index contributed by atoms with van der Waals surface area (Å²) in [6.07, 6.45) is 2.78. The second-order valence-corrected chi connectivity index (χ2v) is 7.82. The van der Waals surface area contributed by atoms with Gasteiger partial charge in [-0.05, 0) is 37.0 Å². The summed E-state index contributed by atoms with van der Waals surface area (Å²) in [6, 6.07) is 16.7. The Bertz CT molecular complexity index is 815. The first kappa shape index (κ1) is 18.8. The summed E-state index contributed by atoms with van der Waals surface area (Å²) in [5, 5.41) is 6.31. The average Bonchev–Trinajstić information content (AvgIpc) is 2.71. The lowest BCUT2D eigenvalue weighted by molar-refractivity contribution is 0.183. The highest BCUT2D eigenvalue weighted by atomic mass is 16.5. The second-order valence-electron chi connectivity index (χ2n) is 7.82. The molecule has 148 valence electrons. The number of carbonyl (C=O) groups excluding carboxylic acids is 1. The van der Waals surface area contributed by atoms with Crippen LogP contribution in [-0.4, -0.2) is 36.7 Å². The molecule has 2 aromatic rings. The molecule has 0 aliphatic carbocycles. The molecule has 2 aliphatic rings. The van der Waals surface area contributed by atoms with Crippen LogP contribution >= 0.6 is 0 Å². The number of para-hydroxylation sites is 1. The monoisotopic (exact) mass is 379 g/mol. The third-order valence-corrected chi connectivity index (χ3v) is 5.84. The molecule has 0 aromatic heterocycles. The number of rotatable bonds is 4. The quantitative estimate of drug-likeness (QED) is 0.850. The molecule has 0 saturated carbocycles. The minimum atomic E-state index is -0.0703. The zero-order chi connectivity index (χ0) is 19.3. The zero-order valence-corrected chi connectivity index (χ0v) is 16.5. The van der Waals surface area contributed by atoms with Crippen molar-refractivity contribution in [3.8, 4) is 5.75 Å². The van der Waals surface area contributed by atoms with Gasteiger partial charge in [-0.2, -0.15) is 0 Å². The highest BCUT2D eigenvalue weighted by Gasteiger charge is 2.25. The summed E-state index contributed by atoms with van der Waals surface area (Å²) in [7, 11) is 0. The number of aryl methyl sites for hydroxylation is 1. The van der Waals surface area contributed by atoms with Gasteiger partial charge in [0.2, 0.25) is 0 Å². The van der Waals surface area contributed by atoms with E-state index in [4.69, 9.17) is 4.74 Å². The van der Waals surface area contributed by atoms with Crippen LogP contribution in [0.2, 0.25) is 0 Å². The maximum Gasteiger partial charge on any atom is 0.315 e. The van der Waals surface area contributed by atoms with Gasteiger partial charge in [0.15, 0.2) is 0 Å². The zero-order valence-electron chi connectivity index (χ0n) is 16.5. The number of amides is 2. The lowest BCUT2D eigenvalue weighted by Gasteiger charge is -2.33. The van der Waals surface area contributed by atoms with Gasteiger partial charge in [0.1, 0.15) is 5.75 Å². The summed E-state index contributed by atoms with van der Waals surface area (Å²) in [6.45, 7) is 5.82. The van der Waals surface area contributed by atoms with Gasteiger partial charge in [-0.1, -0.05) is 42.5 Å². The molecule has 2 heterocycles. The molecule has 28 heavy (non-hydrogen) atoms. The van der Waals surface area contributed by atoms with Crippen molar-refractivity contribution in [2.45, 2.75) is 44.8 Å². The van der Waals surface area contributed by atoms with Crippen LogP contribution in [0, 0.1) is 6.92 Å². The number of nitrogens with one attached hydrogen (secondary N) is 2. The minimum Gasteiger partial charge on any atom is -0.493 e. The molecule has 1 atom stereocenters. The van der Waals surface area contributed by atoms with E-state index >= 15 is 0 Å². The average molecular weight is 380 g/mol. The van der Waals surface area contributed by atoms with E-state index in [2.05, 4.69) is 46.7 Å². The van der Waals surface area contributed by atoms with Gasteiger partial charge < -0.3 is 15.4 Å². The van der Waals surface area contributed by atoms with E-state index in [1.165, 1.54) is 11.1 Å². The predicted octanol–water partition coefficient (Wildman–Crippen LogP) is 3.78. The van der Waals surface area contributed by atoms with Crippen molar-refractivity contribution in [1.82, 2.24) is 15.5 Å². The normalized spacial score (nSPS) is 20.1.